The summed E-state index contributed by atoms with van der Waals surface area (Å²) < 4.78 is 5.64. The number of nitrogens with zero attached hydrogens (tertiary/aromatic N) is 2. The first-order valence-electron chi connectivity index (χ1n) is 8.60. The Kier molecular flexibility index (Phi) is 4.13. The molecule has 2 fully saturated rings. The van der Waals surface area contributed by atoms with Gasteiger partial charge in [-0.2, -0.15) is 0 Å². The summed E-state index contributed by atoms with van der Waals surface area (Å²) in [6.07, 6.45) is 1.29. The van der Waals surface area contributed by atoms with Gasteiger partial charge in [0.05, 0.1) is 6.10 Å². The number of ether oxygens (including phenoxy) is 1. The van der Waals surface area contributed by atoms with Gasteiger partial charge in [0.15, 0.2) is 0 Å². The van der Waals surface area contributed by atoms with Gasteiger partial charge < -0.3 is 9.64 Å². The van der Waals surface area contributed by atoms with E-state index in [1.165, 1.54) is 0 Å². The van der Waals surface area contributed by atoms with E-state index in [9.17, 15) is 4.79 Å². The molecule has 1 aromatic carbocycles. The zero-order chi connectivity index (χ0) is 16.8. The van der Waals surface area contributed by atoms with Gasteiger partial charge in [0, 0.05) is 36.3 Å². The van der Waals surface area contributed by atoms with E-state index in [1.807, 2.05) is 38.1 Å². The third-order valence-electron chi connectivity index (χ3n) is 4.85. The zero-order valence-electron chi connectivity index (χ0n) is 14.9. The van der Waals surface area contributed by atoms with Gasteiger partial charge in [0.2, 0.25) is 0 Å². The zero-order valence-corrected chi connectivity index (χ0v) is 14.9. The highest BCUT2D eigenvalue weighted by Crippen LogP contribution is 2.36. The number of benzene rings is 1. The van der Waals surface area contributed by atoms with Gasteiger partial charge in [-0.05, 0) is 65.3 Å². The number of hydrogen-bond acceptors (Lipinski definition) is 3. The largest absolute Gasteiger partial charge is 0.491 e. The summed E-state index contributed by atoms with van der Waals surface area (Å²) in [6, 6.07) is 8.29. The van der Waals surface area contributed by atoms with Crippen LogP contribution in [0.25, 0.3) is 0 Å². The van der Waals surface area contributed by atoms with Crippen LogP contribution in [-0.4, -0.2) is 52.5 Å². The number of piperazine rings is 1. The molecule has 0 spiro atoms. The van der Waals surface area contributed by atoms with Crippen LogP contribution in [0.3, 0.4) is 0 Å². The van der Waals surface area contributed by atoms with Gasteiger partial charge in [-0.25, -0.2) is 0 Å². The van der Waals surface area contributed by atoms with Crippen molar-refractivity contribution in [3.63, 3.8) is 0 Å². The van der Waals surface area contributed by atoms with Crippen molar-refractivity contribution >= 4 is 5.91 Å². The van der Waals surface area contributed by atoms with Crippen LogP contribution in [0.2, 0.25) is 0 Å². The molecule has 3 rings (SSSR count). The first-order valence-corrected chi connectivity index (χ1v) is 8.60. The van der Waals surface area contributed by atoms with Crippen molar-refractivity contribution in [2.75, 3.05) is 13.1 Å². The fraction of sp³-hybridized carbons (Fsp3) is 0.632. The van der Waals surface area contributed by atoms with Gasteiger partial charge >= 0.3 is 0 Å². The summed E-state index contributed by atoms with van der Waals surface area (Å²) in [5.74, 6) is 0.982. The highest BCUT2D eigenvalue weighted by atomic mass is 16.5. The average molecular weight is 316 g/mol. The van der Waals surface area contributed by atoms with Crippen LogP contribution in [0.5, 0.6) is 5.75 Å². The second-order valence-corrected chi connectivity index (χ2v) is 8.02. The van der Waals surface area contributed by atoms with E-state index < -0.39 is 0 Å². The standard InChI is InChI=1S/C19H28N2O2/c1-13(2)23-17-8-6-14(7-9-17)18(22)21-15-10-16(21)12-20(11-15)19(3,4)5/h6-9,13,15-16H,10-12H2,1-5H3. The second-order valence-electron chi connectivity index (χ2n) is 8.02. The molecule has 4 heteroatoms. The van der Waals surface area contributed by atoms with Crippen LogP contribution in [-0.2, 0) is 0 Å². The molecule has 1 amide bonds. The molecular weight excluding hydrogens is 288 g/mol. The highest BCUT2D eigenvalue weighted by Gasteiger charge is 2.49. The molecule has 4 nitrogen and oxygen atoms in total. The SMILES string of the molecule is CC(C)Oc1ccc(C(=O)N2C3CC2CN(C(C)(C)C)C3)cc1. The number of hydrogen-bond donors (Lipinski definition) is 0. The van der Waals surface area contributed by atoms with Crippen molar-refractivity contribution < 1.29 is 9.53 Å². The lowest BCUT2D eigenvalue weighted by atomic mass is 9.84. The van der Waals surface area contributed by atoms with Crippen molar-refractivity contribution in [3.8, 4) is 5.75 Å². The lowest BCUT2D eigenvalue weighted by Gasteiger charge is -2.59. The number of likely N-dealkylation sites (tertiary alicyclic amines) is 2. The Morgan fingerprint density at radius 3 is 2.17 bits per heavy atom. The van der Waals surface area contributed by atoms with E-state index in [2.05, 4.69) is 30.6 Å². The molecule has 2 atom stereocenters. The normalized spacial score (nSPS) is 24.5. The maximum atomic E-state index is 12.8. The summed E-state index contributed by atoms with van der Waals surface area (Å²) in [5, 5.41) is 0. The van der Waals surface area contributed by atoms with Crippen LogP contribution in [0.1, 0.15) is 51.4 Å². The van der Waals surface area contributed by atoms with Crippen LogP contribution in [0.15, 0.2) is 24.3 Å². The first-order chi connectivity index (χ1) is 10.8. The molecule has 0 aromatic heterocycles. The Hall–Kier alpha value is -1.55. The minimum Gasteiger partial charge on any atom is -0.491 e. The van der Waals surface area contributed by atoms with Crippen LogP contribution in [0, 0.1) is 0 Å². The van der Waals surface area contributed by atoms with Crippen LogP contribution < -0.4 is 4.74 Å². The maximum absolute atomic E-state index is 12.8. The number of fused-ring (bicyclic) bond motifs is 2. The first kappa shape index (κ1) is 16.3. The predicted octanol–water partition coefficient (Wildman–Crippen LogP) is 3.17. The number of carbonyl (C=O) groups is 1. The molecule has 2 heterocycles. The summed E-state index contributed by atoms with van der Waals surface area (Å²) in [7, 11) is 0. The van der Waals surface area contributed by atoms with E-state index in [4.69, 9.17) is 4.74 Å². The minimum absolute atomic E-state index is 0.148. The van der Waals surface area contributed by atoms with Crippen LogP contribution >= 0.6 is 0 Å². The number of amides is 1. The lowest BCUT2D eigenvalue weighted by Crippen LogP contribution is -2.72. The predicted molar refractivity (Wildman–Crippen MR) is 91.9 cm³/mol. The Balaban J connectivity index is 1.66. The third-order valence-corrected chi connectivity index (χ3v) is 4.85. The van der Waals surface area contributed by atoms with E-state index in [-0.39, 0.29) is 17.6 Å². The maximum Gasteiger partial charge on any atom is 0.254 e. The van der Waals surface area contributed by atoms with E-state index >= 15 is 0 Å². The summed E-state index contributed by atoms with van der Waals surface area (Å²) in [6.45, 7) is 12.7. The fourth-order valence-corrected chi connectivity index (χ4v) is 3.59. The van der Waals surface area contributed by atoms with Gasteiger partial charge in [0.25, 0.3) is 5.91 Å². The van der Waals surface area contributed by atoms with Gasteiger partial charge in [-0.3, -0.25) is 9.69 Å². The molecule has 0 radical (unpaired) electrons. The van der Waals surface area contributed by atoms with Crippen molar-refractivity contribution in [1.29, 1.82) is 0 Å². The quantitative estimate of drug-likeness (QED) is 0.858. The number of piperidine rings is 1. The number of carbonyl (C=O) groups excluding carboxylic acids is 1. The third kappa shape index (κ3) is 3.23. The lowest BCUT2D eigenvalue weighted by molar-refractivity contribution is -0.0736. The molecule has 2 saturated heterocycles. The van der Waals surface area contributed by atoms with Crippen molar-refractivity contribution in [2.24, 2.45) is 0 Å². The summed E-state index contributed by atoms with van der Waals surface area (Å²) in [5.41, 5.74) is 0.946. The second kappa shape index (κ2) is 5.82. The monoisotopic (exact) mass is 316 g/mol. The molecule has 2 aliphatic rings. The Bertz CT molecular complexity index is 562. The molecule has 0 N–H and O–H groups in total. The van der Waals surface area contributed by atoms with Gasteiger partial charge in [-0.1, -0.05) is 0 Å². The van der Waals surface area contributed by atoms with Gasteiger partial charge in [-0.15, -0.1) is 0 Å². The van der Waals surface area contributed by atoms with Crippen molar-refractivity contribution in [1.82, 2.24) is 9.80 Å². The Morgan fingerprint density at radius 1 is 1.13 bits per heavy atom. The van der Waals surface area contributed by atoms with E-state index in [0.29, 0.717) is 12.1 Å². The highest BCUT2D eigenvalue weighted by molar-refractivity contribution is 5.95. The summed E-state index contributed by atoms with van der Waals surface area (Å²) in [4.78, 5) is 17.4. The molecule has 2 unspecified atom stereocenters. The Labute approximate surface area is 139 Å². The molecule has 2 aliphatic heterocycles. The van der Waals surface area contributed by atoms with Crippen LogP contribution in [0.4, 0.5) is 0 Å². The molecule has 0 saturated carbocycles. The minimum atomic E-state index is 0.148. The molecule has 126 valence electrons. The van der Waals surface area contributed by atoms with Gasteiger partial charge in [0.1, 0.15) is 5.75 Å². The molecule has 2 bridgehead atoms. The topological polar surface area (TPSA) is 32.8 Å². The fourth-order valence-electron chi connectivity index (χ4n) is 3.59. The van der Waals surface area contributed by atoms with Crippen molar-refractivity contribution in [3.05, 3.63) is 29.8 Å². The molecular formula is C19H28N2O2. The smallest absolute Gasteiger partial charge is 0.254 e. The Morgan fingerprint density at radius 2 is 1.70 bits per heavy atom. The molecule has 1 aromatic rings. The van der Waals surface area contributed by atoms with E-state index in [0.717, 1.165) is 30.8 Å². The summed E-state index contributed by atoms with van der Waals surface area (Å²) >= 11 is 0. The number of rotatable bonds is 3. The average Bonchev–Trinajstić information content (AvgIpc) is 2.46. The van der Waals surface area contributed by atoms with Crippen molar-refractivity contribution in [2.45, 2.75) is 64.8 Å². The van der Waals surface area contributed by atoms with E-state index in [1.54, 1.807) is 0 Å². The molecule has 23 heavy (non-hydrogen) atoms. The molecule has 0 aliphatic carbocycles.